The van der Waals surface area contributed by atoms with E-state index in [4.69, 9.17) is 0 Å². The molecule has 0 spiro atoms. The summed E-state index contributed by atoms with van der Waals surface area (Å²) in [5, 5.41) is 6.41. The van der Waals surface area contributed by atoms with Crippen molar-refractivity contribution in [2.75, 3.05) is 28.4 Å². The van der Waals surface area contributed by atoms with Gasteiger partial charge in [-0.3, -0.25) is 19.4 Å². The molecule has 8 nitrogen and oxygen atoms in total. The molecule has 4 aromatic rings. The van der Waals surface area contributed by atoms with Crippen LogP contribution in [-0.2, 0) is 21.4 Å². The van der Waals surface area contributed by atoms with E-state index in [1.165, 1.54) is 36.9 Å². The third-order valence-corrected chi connectivity index (χ3v) is 8.47. The van der Waals surface area contributed by atoms with Crippen molar-refractivity contribution in [2.45, 2.75) is 24.3 Å². The number of nitrogens with one attached hydrogen (secondary N) is 3. The number of amides is 1. The summed E-state index contributed by atoms with van der Waals surface area (Å²) in [4.78, 5) is 19.8. The van der Waals surface area contributed by atoms with E-state index < -0.39 is 10.0 Å². The Morgan fingerprint density at radius 2 is 1.65 bits per heavy atom. The van der Waals surface area contributed by atoms with Gasteiger partial charge >= 0.3 is 0 Å². The summed E-state index contributed by atoms with van der Waals surface area (Å²) in [6, 6.07) is 26.0. The number of nitrogens with zero attached hydrogens (tertiary/aromatic N) is 2. The van der Waals surface area contributed by atoms with Crippen molar-refractivity contribution in [3.8, 4) is 0 Å². The van der Waals surface area contributed by atoms with Crippen molar-refractivity contribution in [2.24, 2.45) is 0 Å². The number of likely N-dealkylation sites (tertiary alicyclic amines) is 1. The fraction of sp³-hybridized carbons (Fsp3) is 0.161. The number of anilines is 3. The molecule has 0 unspecified atom stereocenters. The molecule has 202 valence electrons. The van der Waals surface area contributed by atoms with Crippen molar-refractivity contribution in [3.05, 3.63) is 114 Å². The second-order valence-electron chi connectivity index (χ2n) is 9.93. The Morgan fingerprint density at radius 3 is 2.38 bits per heavy atom. The Morgan fingerprint density at radius 1 is 0.900 bits per heavy atom. The minimum atomic E-state index is -3.85. The Bertz CT molecular complexity index is 1670. The first-order valence-electron chi connectivity index (χ1n) is 13.2. The predicted octanol–water partition coefficient (Wildman–Crippen LogP) is 5.41. The molecule has 3 heterocycles. The molecule has 0 aliphatic carbocycles. The van der Waals surface area contributed by atoms with Crippen LogP contribution in [0.4, 0.5) is 17.1 Å². The van der Waals surface area contributed by atoms with Crippen molar-refractivity contribution in [1.29, 1.82) is 0 Å². The molecule has 3 N–H and O–H groups in total. The van der Waals surface area contributed by atoms with E-state index in [0.29, 0.717) is 28.2 Å². The zero-order valence-electron chi connectivity index (χ0n) is 21.8. The third kappa shape index (κ3) is 5.47. The normalized spacial score (nSPS) is 16.4. The van der Waals surface area contributed by atoms with E-state index in [9.17, 15) is 13.2 Å². The Kier molecular flexibility index (Phi) is 7.06. The van der Waals surface area contributed by atoms with Crippen molar-refractivity contribution < 1.29 is 13.2 Å². The number of pyridine rings is 1. The molecule has 1 saturated heterocycles. The number of hydrogen-bond donors (Lipinski definition) is 3. The average molecular weight is 552 g/mol. The van der Waals surface area contributed by atoms with E-state index in [-0.39, 0.29) is 10.8 Å². The summed E-state index contributed by atoms with van der Waals surface area (Å²) in [7, 11) is -3.85. The van der Waals surface area contributed by atoms with Crippen LogP contribution in [0.3, 0.4) is 0 Å². The molecule has 0 saturated carbocycles. The van der Waals surface area contributed by atoms with Gasteiger partial charge in [-0.25, -0.2) is 8.42 Å². The standard InChI is InChI=1S/C31H29N5O3S/c37-31-29(27-19-25(14-15-28(27)34-31)35-40(38,39)26-9-6-16-32-20-26)30(23-7-2-1-3-8-23)33-24-12-10-22(11-13-24)21-36-17-4-5-18-36/h1-3,6-16,19-20,33,35H,4-5,17-18,21H2,(H,34,37). The van der Waals surface area contributed by atoms with E-state index >= 15 is 0 Å². The number of carbonyl (C=O) groups excluding carboxylic acids is 1. The summed E-state index contributed by atoms with van der Waals surface area (Å²) >= 11 is 0. The molecule has 40 heavy (non-hydrogen) atoms. The summed E-state index contributed by atoms with van der Waals surface area (Å²) < 4.78 is 28.4. The number of sulfonamides is 1. The van der Waals surface area contributed by atoms with Gasteiger partial charge in [0.1, 0.15) is 4.90 Å². The summed E-state index contributed by atoms with van der Waals surface area (Å²) in [6.07, 6.45) is 5.32. The number of fused-ring (bicyclic) bond motifs is 1. The maximum atomic E-state index is 13.3. The second kappa shape index (κ2) is 11.0. The van der Waals surface area contributed by atoms with Crippen molar-refractivity contribution in [1.82, 2.24) is 9.88 Å². The highest BCUT2D eigenvalue weighted by Gasteiger charge is 2.29. The molecular formula is C31H29N5O3S. The third-order valence-electron chi connectivity index (χ3n) is 7.10. The van der Waals surface area contributed by atoms with Crippen LogP contribution in [-0.4, -0.2) is 37.3 Å². The van der Waals surface area contributed by atoms with Crippen LogP contribution in [0, 0.1) is 0 Å². The Hall–Kier alpha value is -4.47. The quantitative estimate of drug-likeness (QED) is 0.253. The molecule has 2 aliphatic heterocycles. The SMILES string of the molecule is O=C1Nc2ccc(NS(=O)(=O)c3cccnc3)cc2C1=C(Nc1ccc(CN2CCCC2)cc1)c1ccccc1. The molecular weight excluding hydrogens is 522 g/mol. The number of rotatable bonds is 8. The molecule has 0 radical (unpaired) electrons. The molecule has 2 aliphatic rings. The monoisotopic (exact) mass is 551 g/mol. The summed E-state index contributed by atoms with van der Waals surface area (Å²) in [5.74, 6) is -0.265. The van der Waals surface area contributed by atoms with Gasteiger partial charge < -0.3 is 10.6 Å². The fourth-order valence-corrected chi connectivity index (χ4v) is 6.13. The van der Waals surface area contributed by atoms with Gasteiger partial charge in [0, 0.05) is 41.6 Å². The second-order valence-corrected chi connectivity index (χ2v) is 11.6. The van der Waals surface area contributed by atoms with E-state index in [1.54, 1.807) is 24.3 Å². The minimum absolute atomic E-state index is 0.0558. The molecule has 1 aromatic heterocycles. The van der Waals surface area contributed by atoms with Crippen molar-refractivity contribution >= 4 is 44.3 Å². The molecule has 1 amide bonds. The molecule has 3 aromatic carbocycles. The molecule has 0 atom stereocenters. The highest BCUT2D eigenvalue weighted by molar-refractivity contribution is 7.92. The van der Waals surface area contributed by atoms with Gasteiger partial charge in [-0.1, -0.05) is 42.5 Å². The van der Waals surface area contributed by atoms with Gasteiger partial charge in [0.2, 0.25) is 0 Å². The predicted molar refractivity (Wildman–Crippen MR) is 158 cm³/mol. The molecule has 9 heteroatoms. The number of benzene rings is 3. The first-order chi connectivity index (χ1) is 19.5. The van der Waals surface area contributed by atoms with Gasteiger partial charge in [0.15, 0.2) is 0 Å². The summed E-state index contributed by atoms with van der Waals surface area (Å²) in [6.45, 7) is 3.21. The Labute approximate surface area is 233 Å². The van der Waals surface area contributed by atoms with E-state index in [2.05, 4.69) is 37.4 Å². The summed E-state index contributed by atoms with van der Waals surface area (Å²) in [5.41, 5.74) is 5.57. The largest absolute Gasteiger partial charge is 0.354 e. The van der Waals surface area contributed by atoms with E-state index in [1.807, 2.05) is 42.5 Å². The topological polar surface area (TPSA) is 103 Å². The molecule has 0 bridgehead atoms. The van der Waals surface area contributed by atoms with Crippen LogP contribution in [0.5, 0.6) is 0 Å². The first kappa shape index (κ1) is 25.8. The van der Waals surface area contributed by atoms with Gasteiger partial charge in [0.05, 0.1) is 11.3 Å². The fourth-order valence-electron chi connectivity index (χ4n) is 5.12. The lowest BCUT2D eigenvalue weighted by molar-refractivity contribution is -0.110. The smallest absolute Gasteiger partial charge is 0.263 e. The molecule has 1 fully saturated rings. The zero-order chi connectivity index (χ0) is 27.5. The zero-order valence-corrected chi connectivity index (χ0v) is 22.6. The van der Waals surface area contributed by atoms with Gasteiger partial charge in [0.25, 0.3) is 15.9 Å². The van der Waals surface area contributed by atoms with E-state index in [0.717, 1.165) is 30.9 Å². The van der Waals surface area contributed by atoms with Crippen LogP contribution in [0.1, 0.15) is 29.5 Å². The Balaban J connectivity index is 1.35. The van der Waals surface area contributed by atoms with Crippen molar-refractivity contribution in [3.63, 3.8) is 0 Å². The van der Waals surface area contributed by atoms with Crippen LogP contribution in [0.15, 0.2) is 102 Å². The number of hydrogen-bond acceptors (Lipinski definition) is 6. The first-order valence-corrected chi connectivity index (χ1v) is 14.7. The van der Waals surface area contributed by atoms with Gasteiger partial charge in [-0.05, 0) is 79.5 Å². The average Bonchev–Trinajstić information content (AvgIpc) is 3.60. The van der Waals surface area contributed by atoms with Gasteiger partial charge in [-0.2, -0.15) is 0 Å². The number of carbonyl (C=O) groups is 1. The van der Waals surface area contributed by atoms with Crippen LogP contribution < -0.4 is 15.4 Å². The van der Waals surface area contributed by atoms with Crippen LogP contribution in [0.25, 0.3) is 11.3 Å². The van der Waals surface area contributed by atoms with Crippen LogP contribution >= 0.6 is 0 Å². The molecule has 6 rings (SSSR count). The minimum Gasteiger partial charge on any atom is -0.354 e. The van der Waals surface area contributed by atoms with Gasteiger partial charge in [-0.15, -0.1) is 0 Å². The highest BCUT2D eigenvalue weighted by Crippen LogP contribution is 2.39. The lowest BCUT2D eigenvalue weighted by Crippen LogP contribution is -2.18. The maximum absolute atomic E-state index is 13.3. The maximum Gasteiger partial charge on any atom is 0.263 e. The number of aromatic nitrogens is 1. The lowest BCUT2D eigenvalue weighted by atomic mass is 9.99. The van der Waals surface area contributed by atoms with Crippen LogP contribution in [0.2, 0.25) is 0 Å². The highest BCUT2D eigenvalue weighted by atomic mass is 32.2. The lowest BCUT2D eigenvalue weighted by Gasteiger charge is -2.17.